The van der Waals surface area contributed by atoms with Crippen molar-refractivity contribution in [2.75, 3.05) is 26.8 Å². The predicted molar refractivity (Wildman–Crippen MR) is 85.2 cm³/mol. The van der Waals surface area contributed by atoms with Crippen LogP contribution in [0.5, 0.6) is 11.5 Å². The second-order valence-electron chi connectivity index (χ2n) is 4.76. The second-order valence-corrected chi connectivity index (χ2v) is 4.76. The van der Waals surface area contributed by atoms with Gasteiger partial charge in [0.05, 0.1) is 7.11 Å². The molecule has 0 aliphatic carbocycles. The predicted octanol–water partition coefficient (Wildman–Crippen LogP) is 3.52. The first-order valence-corrected chi connectivity index (χ1v) is 7.38. The maximum atomic E-state index is 12.5. The van der Waals surface area contributed by atoms with Crippen LogP contribution in [0.1, 0.15) is 37.0 Å². The van der Waals surface area contributed by atoms with Crippen molar-refractivity contribution in [3.63, 3.8) is 0 Å². The molecule has 0 radical (unpaired) electrons. The van der Waals surface area contributed by atoms with Crippen LogP contribution in [0.25, 0.3) is 0 Å². The Hall–Kier alpha value is -1.97. The first-order valence-electron chi connectivity index (χ1n) is 7.38. The molecule has 0 unspecified atom stereocenters. The van der Waals surface area contributed by atoms with Gasteiger partial charge in [-0.3, -0.25) is 4.79 Å². The molecule has 1 aromatic carbocycles. The molecule has 1 aromatic rings. The largest absolute Gasteiger partial charge is 0.493 e. The van der Waals surface area contributed by atoms with Gasteiger partial charge in [-0.05, 0) is 31.0 Å². The maximum absolute atomic E-state index is 12.5. The molecular formula is C17H25NO3. The minimum absolute atomic E-state index is 0.0345. The van der Waals surface area contributed by atoms with Crippen molar-refractivity contribution in [2.24, 2.45) is 0 Å². The molecule has 0 spiro atoms. The minimum atomic E-state index is 0.0345. The zero-order valence-corrected chi connectivity index (χ0v) is 13.2. The van der Waals surface area contributed by atoms with Gasteiger partial charge in [-0.25, -0.2) is 0 Å². The Labute approximate surface area is 127 Å². The lowest BCUT2D eigenvalue weighted by atomic mass is 10.1. The average Bonchev–Trinajstić information content (AvgIpc) is 2.51. The van der Waals surface area contributed by atoms with Crippen LogP contribution in [-0.4, -0.2) is 37.6 Å². The Morgan fingerprint density at radius 2 is 1.90 bits per heavy atom. The molecule has 0 bridgehead atoms. The van der Waals surface area contributed by atoms with Gasteiger partial charge in [-0.15, -0.1) is 0 Å². The third-order valence-electron chi connectivity index (χ3n) is 3.04. The lowest BCUT2D eigenvalue weighted by molar-refractivity contribution is 0.0755. The summed E-state index contributed by atoms with van der Waals surface area (Å²) in [6.07, 6.45) is 3.57. The van der Waals surface area contributed by atoms with Crippen molar-refractivity contribution in [3.8, 4) is 11.5 Å². The van der Waals surface area contributed by atoms with Gasteiger partial charge in [0.25, 0.3) is 5.91 Å². The van der Waals surface area contributed by atoms with Gasteiger partial charge in [-0.2, -0.15) is 0 Å². The lowest BCUT2D eigenvalue weighted by Crippen LogP contribution is -2.32. The van der Waals surface area contributed by atoms with E-state index >= 15 is 0 Å². The van der Waals surface area contributed by atoms with Gasteiger partial charge in [0.1, 0.15) is 6.61 Å². The highest BCUT2D eigenvalue weighted by Gasteiger charge is 2.16. The molecule has 0 aliphatic rings. The summed E-state index contributed by atoms with van der Waals surface area (Å²) >= 11 is 0. The van der Waals surface area contributed by atoms with E-state index in [0.29, 0.717) is 23.7 Å². The van der Waals surface area contributed by atoms with E-state index in [-0.39, 0.29) is 5.91 Å². The summed E-state index contributed by atoms with van der Waals surface area (Å²) < 4.78 is 10.8. The van der Waals surface area contributed by atoms with E-state index < -0.39 is 0 Å². The van der Waals surface area contributed by atoms with E-state index in [0.717, 1.165) is 25.9 Å². The fourth-order valence-corrected chi connectivity index (χ4v) is 2.11. The van der Waals surface area contributed by atoms with Gasteiger partial charge < -0.3 is 14.4 Å². The minimum Gasteiger partial charge on any atom is -0.493 e. The topological polar surface area (TPSA) is 38.8 Å². The zero-order valence-electron chi connectivity index (χ0n) is 13.2. The molecule has 4 nitrogen and oxygen atoms in total. The smallest absolute Gasteiger partial charge is 0.253 e. The van der Waals surface area contributed by atoms with Crippen molar-refractivity contribution in [3.05, 3.63) is 36.4 Å². The first kappa shape index (κ1) is 17.1. The van der Waals surface area contributed by atoms with Gasteiger partial charge in [0.15, 0.2) is 11.5 Å². The molecule has 1 rings (SSSR count). The molecule has 0 heterocycles. The summed E-state index contributed by atoms with van der Waals surface area (Å²) in [5, 5.41) is 0. The molecule has 0 aliphatic heterocycles. The Morgan fingerprint density at radius 3 is 2.43 bits per heavy atom. The van der Waals surface area contributed by atoms with Crippen LogP contribution >= 0.6 is 0 Å². The van der Waals surface area contributed by atoms with E-state index in [1.165, 1.54) is 0 Å². The summed E-state index contributed by atoms with van der Waals surface area (Å²) in [6, 6.07) is 5.28. The Balaban J connectivity index is 2.96. The van der Waals surface area contributed by atoms with E-state index in [9.17, 15) is 4.79 Å². The number of carbonyl (C=O) groups excluding carboxylic acids is 1. The third kappa shape index (κ3) is 4.81. The highest BCUT2D eigenvalue weighted by atomic mass is 16.5. The highest BCUT2D eigenvalue weighted by molar-refractivity contribution is 5.95. The Morgan fingerprint density at radius 1 is 1.24 bits per heavy atom. The highest BCUT2D eigenvalue weighted by Crippen LogP contribution is 2.28. The molecule has 4 heteroatoms. The summed E-state index contributed by atoms with van der Waals surface area (Å²) in [6.45, 7) is 9.70. The monoisotopic (exact) mass is 291 g/mol. The summed E-state index contributed by atoms with van der Waals surface area (Å²) in [4.78, 5) is 14.4. The van der Waals surface area contributed by atoms with Crippen molar-refractivity contribution in [1.29, 1.82) is 0 Å². The lowest BCUT2D eigenvalue weighted by Gasteiger charge is -2.22. The van der Waals surface area contributed by atoms with Gasteiger partial charge in [0.2, 0.25) is 0 Å². The van der Waals surface area contributed by atoms with Crippen molar-refractivity contribution >= 4 is 5.91 Å². The van der Waals surface area contributed by atoms with Gasteiger partial charge >= 0.3 is 0 Å². The van der Waals surface area contributed by atoms with Crippen molar-refractivity contribution in [2.45, 2.75) is 26.7 Å². The number of amides is 1. The Kier molecular flexibility index (Phi) is 7.37. The number of hydrogen-bond donors (Lipinski definition) is 0. The SMILES string of the molecule is C=CCOc1ccc(C(=O)N(CCC)CCC)cc1OC. The molecule has 0 fully saturated rings. The average molecular weight is 291 g/mol. The number of carbonyl (C=O) groups is 1. The summed E-state index contributed by atoms with van der Waals surface area (Å²) in [7, 11) is 1.57. The first-order chi connectivity index (χ1) is 10.2. The van der Waals surface area contributed by atoms with Crippen LogP contribution in [0.2, 0.25) is 0 Å². The molecule has 0 aromatic heterocycles. The normalized spacial score (nSPS) is 10.0. The van der Waals surface area contributed by atoms with E-state index in [1.54, 1.807) is 31.4 Å². The third-order valence-corrected chi connectivity index (χ3v) is 3.04. The number of methoxy groups -OCH3 is 1. The van der Waals surface area contributed by atoms with Crippen LogP contribution in [0.4, 0.5) is 0 Å². The number of hydrogen-bond acceptors (Lipinski definition) is 3. The molecule has 0 atom stereocenters. The molecular weight excluding hydrogens is 266 g/mol. The molecule has 116 valence electrons. The standard InChI is InChI=1S/C17H25NO3/c1-5-10-18(11-6-2)17(19)14-8-9-15(21-12-7-3)16(13-14)20-4/h7-9,13H,3,5-6,10-12H2,1-2,4H3. The molecule has 0 N–H and O–H groups in total. The second kappa shape index (κ2) is 9.06. The molecule has 21 heavy (non-hydrogen) atoms. The number of nitrogens with zero attached hydrogens (tertiary/aromatic N) is 1. The van der Waals surface area contributed by atoms with Crippen LogP contribution in [0, 0.1) is 0 Å². The Bertz CT molecular complexity index is 465. The molecule has 0 saturated heterocycles. The number of benzene rings is 1. The van der Waals surface area contributed by atoms with Crippen molar-refractivity contribution in [1.82, 2.24) is 4.90 Å². The van der Waals surface area contributed by atoms with E-state index in [2.05, 4.69) is 20.4 Å². The molecule has 1 amide bonds. The number of rotatable bonds is 9. The zero-order chi connectivity index (χ0) is 15.7. The van der Waals surface area contributed by atoms with Gasteiger partial charge in [0, 0.05) is 18.7 Å². The van der Waals surface area contributed by atoms with Gasteiger partial charge in [-0.1, -0.05) is 26.5 Å². The van der Waals surface area contributed by atoms with Crippen LogP contribution < -0.4 is 9.47 Å². The van der Waals surface area contributed by atoms with Crippen LogP contribution in [0.3, 0.4) is 0 Å². The van der Waals surface area contributed by atoms with E-state index in [1.807, 2.05) is 4.90 Å². The molecule has 0 saturated carbocycles. The van der Waals surface area contributed by atoms with Crippen LogP contribution in [0.15, 0.2) is 30.9 Å². The fourth-order valence-electron chi connectivity index (χ4n) is 2.11. The summed E-state index contributed by atoms with van der Waals surface area (Å²) in [5.41, 5.74) is 0.625. The van der Waals surface area contributed by atoms with Crippen LogP contribution in [-0.2, 0) is 0 Å². The van der Waals surface area contributed by atoms with Crippen molar-refractivity contribution < 1.29 is 14.3 Å². The number of ether oxygens (including phenoxy) is 2. The quantitative estimate of drug-likeness (QED) is 0.653. The fraction of sp³-hybridized carbons (Fsp3) is 0.471. The van der Waals surface area contributed by atoms with E-state index in [4.69, 9.17) is 9.47 Å². The summed E-state index contributed by atoms with van der Waals surface area (Å²) in [5.74, 6) is 1.22. The maximum Gasteiger partial charge on any atom is 0.253 e.